The van der Waals surface area contributed by atoms with Gasteiger partial charge >= 0.3 is 0 Å². The Labute approximate surface area is 110 Å². The molecule has 1 aliphatic carbocycles. The Bertz CT molecular complexity index is 275. The summed E-state index contributed by atoms with van der Waals surface area (Å²) in [6.07, 6.45) is 10.00. The Morgan fingerprint density at radius 1 is 0.944 bits per heavy atom. The molecule has 3 heteroatoms. The number of hydrogen-bond donors (Lipinski definition) is 1. The summed E-state index contributed by atoms with van der Waals surface area (Å²) < 4.78 is 11.5. The molecule has 0 aromatic rings. The van der Waals surface area contributed by atoms with Crippen LogP contribution in [0.3, 0.4) is 0 Å². The molecule has 1 saturated carbocycles. The van der Waals surface area contributed by atoms with Crippen molar-refractivity contribution in [2.24, 2.45) is 5.92 Å². The lowest BCUT2D eigenvalue weighted by Gasteiger charge is -2.44. The van der Waals surface area contributed by atoms with Gasteiger partial charge in [0.25, 0.3) is 0 Å². The lowest BCUT2D eigenvalue weighted by molar-refractivity contribution is -0.146. The van der Waals surface area contributed by atoms with E-state index in [1.165, 1.54) is 25.7 Å². The highest BCUT2D eigenvalue weighted by atomic mass is 16.6. The smallest absolute Gasteiger partial charge is 0.0940 e. The highest BCUT2D eigenvalue weighted by molar-refractivity contribution is 4.97. The normalized spacial score (nSPS) is 40.8. The molecule has 104 valence electrons. The van der Waals surface area contributed by atoms with Gasteiger partial charge in [0.1, 0.15) is 0 Å². The van der Waals surface area contributed by atoms with Crippen LogP contribution in [0.5, 0.6) is 0 Å². The Hall–Kier alpha value is -0.120. The Balaban J connectivity index is 1.70. The zero-order chi connectivity index (χ0) is 12.5. The highest BCUT2D eigenvalue weighted by Crippen LogP contribution is 2.44. The second-order valence-electron chi connectivity index (χ2n) is 6.54. The molecule has 3 rings (SSSR count). The summed E-state index contributed by atoms with van der Waals surface area (Å²) >= 11 is 0. The molecule has 2 aliphatic heterocycles. The first-order valence-corrected chi connectivity index (χ1v) is 7.67. The van der Waals surface area contributed by atoms with Gasteiger partial charge in [-0.1, -0.05) is 25.7 Å². The van der Waals surface area contributed by atoms with Crippen LogP contribution in [0.15, 0.2) is 0 Å². The number of ether oxygens (including phenoxy) is 2. The van der Waals surface area contributed by atoms with Crippen LogP contribution in [0.1, 0.15) is 57.8 Å². The van der Waals surface area contributed by atoms with Crippen molar-refractivity contribution in [3.8, 4) is 0 Å². The predicted molar refractivity (Wildman–Crippen MR) is 69.5 cm³/mol. The van der Waals surface area contributed by atoms with Crippen molar-refractivity contribution in [3.05, 3.63) is 0 Å². The average Bonchev–Trinajstić information content (AvgIpc) is 2.69. The van der Waals surface area contributed by atoms with Crippen LogP contribution in [-0.4, -0.2) is 36.1 Å². The minimum absolute atomic E-state index is 0.0645. The van der Waals surface area contributed by atoms with Crippen molar-refractivity contribution in [1.29, 1.82) is 0 Å². The summed E-state index contributed by atoms with van der Waals surface area (Å²) in [4.78, 5) is 0. The molecular weight excluding hydrogens is 228 g/mol. The fourth-order valence-corrected chi connectivity index (χ4v) is 4.10. The van der Waals surface area contributed by atoms with Crippen LogP contribution in [0.2, 0.25) is 0 Å². The first kappa shape index (κ1) is 12.9. The topological polar surface area (TPSA) is 38.7 Å². The van der Waals surface area contributed by atoms with Gasteiger partial charge in [0.15, 0.2) is 0 Å². The number of hydrogen-bond acceptors (Lipinski definition) is 3. The summed E-state index contributed by atoms with van der Waals surface area (Å²) in [6.45, 7) is 2.36. The zero-order valence-corrected chi connectivity index (χ0v) is 11.3. The monoisotopic (exact) mass is 254 g/mol. The van der Waals surface area contributed by atoms with E-state index in [2.05, 4.69) is 0 Å². The molecule has 3 fully saturated rings. The second kappa shape index (κ2) is 5.10. The minimum atomic E-state index is -0.421. The van der Waals surface area contributed by atoms with Gasteiger partial charge in [-0.15, -0.1) is 0 Å². The van der Waals surface area contributed by atoms with Crippen molar-refractivity contribution in [3.63, 3.8) is 0 Å². The average molecular weight is 254 g/mol. The second-order valence-corrected chi connectivity index (χ2v) is 6.54. The summed E-state index contributed by atoms with van der Waals surface area (Å²) in [6, 6.07) is 0. The lowest BCUT2D eigenvalue weighted by atomic mass is 9.72. The predicted octanol–water partition coefficient (Wildman–Crippen LogP) is 2.66. The van der Waals surface area contributed by atoms with Crippen LogP contribution >= 0.6 is 0 Å². The van der Waals surface area contributed by atoms with Crippen LogP contribution < -0.4 is 0 Å². The molecule has 18 heavy (non-hydrogen) atoms. The van der Waals surface area contributed by atoms with Gasteiger partial charge in [-0.2, -0.15) is 0 Å². The van der Waals surface area contributed by atoms with E-state index in [0.29, 0.717) is 5.92 Å². The Kier molecular flexibility index (Phi) is 3.65. The molecular formula is C15H26O3. The maximum Gasteiger partial charge on any atom is 0.0940 e. The van der Waals surface area contributed by atoms with Gasteiger partial charge in [-0.05, 0) is 31.6 Å². The molecule has 0 aromatic carbocycles. The highest BCUT2D eigenvalue weighted by Gasteiger charge is 2.47. The number of rotatable bonds is 1. The first-order chi connectivity index (χ1) is 8.73. The van der Waals surface area contributed by atoms with Crippen molar-refractivity contribution >= 4 is 0 Å². The molecule has 2 saturated heterocycles. The minimum Gasteiger partial charge on any atom is -0.390 e. The third-order valence-corrected chi connectivity index (χ3v) is 5.29. The van der Waals surface area contributed by atoms with Gasteiger partial charge < -0.3 is 14.6 Å². The quantitative estimate of drug-likeness (QED) is 0.731. The van der Waals surface area contributed by atoms with Crippen molar-refractivity contribution < 1.29 is 14.6 Å². The van der Waals surface area contributed by atoms with Gasteiger partial charge in [0.2, 0.25) is 0 Å². The summed E-state index contributed by atoms with van der Waals surface area (Å²) in [5, 5.41) is 11.0. The molecule has 2 unspecified atom stereocenters. The molecule has 0 radical (unpaired) electrons. The SMILES string of the molecule is OC1(C2CCOC3(CCOC3)C2)CCCCCC1. The van der Waals surface area contributed by atoms with Crippen LogP contribution in [0.25, 0.3) is 0 Å². The molecule has 0 amide bonds. The summed E-state index contributed by atoms with van der Waals surface area (Å²) in [7, 11) is 0. The van der Waals surface area contributed by atoms with Gasteiger partial charge in [0.05, 0.1) is 17.8 Å². The lowest BCUT2D eigenvalue weighted by Crippen LogP contribution is -2.48. The van der Waals surface area contributed by atoms with E-state index in [9.17, 15) is 5.11 Å². The van der Waals surface area contributed by atoms with Crippen molar-refractivity contribution in [2.75, 3.05) is 19.8 Å². The van der Waals surface area contributed by atoms with Gasteiger partial charge in [0, 0.05) is 19.6 Å². The van der Waals surface area contributed by atoms with Crippen LogP contribution in [-0.2, 0) is 9.47 Å². The van der Waals surface area contributed by atoms with Crippen molar-refractivity contribution in [1.82, 2.24) is 0 Å². The summed E-state index contributed by atoms with van der Waals surface area (Å²) in [5.41, 5.74) is -0.485. The van der Waals surface area contributed by atoms with E-state index in [1.807, 2.05) is 0 Å². The van der Waals surface area contributed by atoms with E-state index >= 15 is 0 Å². The third kappa shape index (κ3) is 2.45. The fraction of sp³-hybridized carbons (Fsp3) is 1.00. The molecule has 0 bridgehead atoms. The first-order valence-electron chi connectivity index (χ1n) is 7.67. The van der Waals surface area contributed by atoms with Gasteiger partial charge in [-0.25, -0.2) is 0 Å². The maximum atomic E-state index is 11.0. The van der Waals surface area contributed by atoms with E-state index in [1.54, 1.807) is 0 Å². The molecule has 2 atom stereocenters. The third-order valence-electron chi connectivity index (χ3n) is 5.29. The van der Waals surface area contributed by atoms with Crippen LogP contribution in [0.4, 0.5) is 0 Å². The molecule has 3 aliphatic rings. The van der Waals surface area contributed by atoms with E-state index in [-0.39, 0.29) is 5.60 Å². The van der Waals surface area contributed by atoms with E-state index in [0.717, 1.165) is 51.9 Å². The molecule has 1 N–H and O–H groups in total. The van der Waals surface area contributed by atoms with Gasteiger partial charge in [-0.3, -0.25) is 0 Å². The molecule has 2 heterocycles. The Morgan fingerprint density at radius 2 is 1.72 bits per heavy atom. The molecule has 3 nitrogen and oxygen atoms in total. The molecule has 0 aromatic heterocycles. The maximum absolute atomic E-state index is 11.0. The Morgan fingerprint density at radius 3 is 2.39 bits per heavy atom. The van der Waals surface area contributed by atoms with E-state index < -0.39 is 5.60 Å². The van der Waals surface area contributed by atoms with Crippen molar-refractivity contribution in [2.45, 2.75) is 69.0 Å². The number of aliphatic hydroxyl groups is 1. The summed E-state index contributed by atoms with van der Waals surface area (Å²) in [5.74, 6) is 0.422. The fourth-order valence-electron chi connectivity index (χ4n) is 4.10. The zero-order valence-electron chi connectivity index (χ0n) is 11.3. The van der Waals surface area contributed by atoms with E-state index in [4.69, 9.17) is 9.47 Å². The standard InChI is InChI=1S/C15H26O3/c16-15(6-3-1-2-4-7-15)13-5-9-18-14(11-13)8-10-17-12-14/h13,16H,1-12H2. The molecule has 1 spiro atoms. The largest absolute Gasteiger partial charge is 0.390 e. The van der Waals surface area contributed by atoms with Crippen LogP contribution in [0, 0.1) is 5.92 Å².